The number of rotatable bonds is 6. The predicted molar refractivity (Wildman–Crippen MR) is 90.9 cm³/mol. The van der Waals surface area contributed by atoms with Gasteiger partial charge in [0.05, 0.1) is 0 Å². The smallest absolute Gasteiger partial charge is 0.135 e. The van der Waals surface area contributed by atoms with Crippen molar-refractivity contribution < 1.29 is 4.42 Å². The first kappa shape index (κ1) is 14.2. The fraction of sp³-hybridized carbons (Fsp3) is 0.400. The summed E-state index contributed by atoms with van der Waals surface area (Å²) in [7, 11) is 0. The van der Waals surface area contributed by atoms with Gasteiger partial charge in [-0.3, -0.25) is 0 Å². The maximum atomic E-state index is 5.97. The molecular weight excluding hydrogens is 256 g/mol. The van der Waals surface area contributed by atoms with E-state index in [9.17, 15) is 0 Å². The van der Waals surface area contributed by atoms with Crippen molar-refractivity contribution in [3.63, 3.8) is 0 Å². The van der Waals surface area contributed by atoms with Gasteiger partial charge in [0.2, 0.25) is 0 Å². The molecule has 3 aromatic rings. The van der Waals surface area contributed by atoms with Crippen molar-refractivity contribution in [3.05, 3.63) is 47.5 Å². The van der Waals surface area contributed by atoms with Gasteiger partial charge in [-0.1, -0.05) is 38.8 Å². The lowest BCUT2D eigenvalue weighted by Gasteiger charge is -2.01. The van der Waals surface area contributed by atoms with Crippen LogP contribution in [0.4, 0.5) is 0 Å². The van der Waals surface area contributed by atoms with Crippen molar-refractivity contribution in [2.75, 3.05) is 0 Å². The molecule has 0 saturated carbocycles. The topological polar surface area (TPSA) is 13.1 Å². The third-order valence-corrected chi connectivity index (χ3v) is 4.24. The third-order valence-electron chi connectivity index (χ3n) is 4.24. The molecular formula is C20H24O. The molecule has 21 heavy (non-hydrogen) atoms. The second kappa shape index (κ2) is 6.34. The average molecular weight is 280 g/mol. The Hall–Kier alpha value is -1.76. The van der Waals surface area contributed by atoms with Crippen molar-refractivity contribution in [3.8, 4) is 0 Å². The lowest BCUT2D eigenvalue weighted by molar-refractivity contribution is 0.668. The van der Waals surface area contributed by atoms with Gasteiger partial charge < -0.3 is 4.42 Å². The average Bonchev–Trinajstić information content (AvgIpc) is 2.88. The maximum absolute atomic E-state index is 5.97. The van der Waals surface area contributed by atoms with Gasteiger partial charge in [0, 0.05) is 10.8 Å². The molecule has 110 valence electrons. The van der Waals surface area contributed by atoms with Gasteiger partial charge in [-0.15, -0.1) is 0 Å². The van der Waals surface area contributed by atoms with Crippen LogP contribution in [0.2, 0.25) is 0 Å². The lowest BCUT2D eigenvalue weighted by Crippen LogP contribution is -1.85. The summed E-state index contributed by atoms with van der Waals surface area (Å²) in [5, 5.41) is 2.55. The molecule has 1 nitrogen and oxygen atoms in total. The highest BCUT2D eigenvalue weighted by atomic mass is 16.3. The Kier molecular flexibility index (Phi) is 4.28. The Labute approximate surface area is 127 Å². The first-order chi connectivity index (χ1) is 10.3. The molecule has 0 N–H and O–H groups in total. The van der Waals surface area contributed by atoms with E-state index in [4.69, 9.17) is 4.42 Å². The predicted octanol–water partition coefficient (Wildman–Crippen LogP) is 6.27. The minimum absolute atomic E-state index is 1.01. The maximum Gasteiger partial charge on any atom is 0.135 e. The molecule has 0 radical (unpaired) electrons. The van der Waals surface area contributed by atoms with Crippen molar-refractivity contribution in [1.82, 2.24) is 0 Å². The molecule has 0 aliphatic heterocycles. The molecule has 1 heteroatoms. The van der Waals surface area contributed by atoms with E-state index >= 15 is 0 Å². The summed E-state index contributed by atoms with van der Waals surface area (Å²) in [4.78, 5) is 0. The highest BCUT2D eigenvalue weighted by Gasteiger charge is 2.08. The molecule has 0 amide bonds. The molecule has 0 unspecified atom stereocenters. The number of furan rings is 1. The van der Waals surface area contributed by atoms with Crippen LogP contribution in [0, 0.1) is 0 Å². The molecule has 2 aromatic carbocycles. The van der Waals surface area contributed by atoms with Crippen LogP contribution in [0.25, 0.3) is 21.9 Å². The highest BCUT2D eigenvalue weighted by Crippen LogP contribution is 2.30. The van der Waals surface area contributed by atoms with Gasteiger partial charge in [0.15, 0.2) is 0 Å². The summed E-state index contributed by atoms with van der Waals surface area (Å²) in [6.45, 7) is 4.48. The number of fused-ring (bicyclic) bond motifs is 3. The molecule has 1 heterocycles. The number of hydrogen-bond acceptors (Lipinski definition) is 1. The number of aryl methyl sites for hydroxylation is 2. The SMILES string of the molecule is CCCCc1ccc2oc3ccc(CCCC)cc3c2c1. The fourth-order valence-corrected chi connectivity index (χ4v) is 2.94. The molecule has 0 atom stereocenters. The van der Waals surface area contributed by atoms with Gasteiger partial charge >= 0.3 is 0 Å². The molecule has 0 saturated heterocycles. The summed E-state index contributed by atoms with van der Waals surface area (Å²) in [6.07, 6.45) is 7.31. The van der Waals surface area contributed by atoms with Crippen LogP contribution in [-0.4, -0.2) is 0 Å². The zero-order chi connectivity index (χ0) is 14.7. The largest absolute Gasteiger partial charge is 0.456 e. The zero-order valence-electron chi connectivity index (χ0n) is 13.1. The molecule has 0 fully saturated rings. The summed E-state index contributed by atoms with van der Waals surface area (Å²) in [6, 6.07) is 13.3. The van der Waals surface area contributed by atoms with E-state index in [1.807, 2.05) is 0 Å². The lowest BCUT2D eigenvalue weighted by atomic mass is 10.0. The third kappa shape index (κ3) is 2.97. The number of unbranched alkanes of at least 4 members (excludes halogenated alkanes) is 2. The van der Waals surface area contributed by atoms with Gasteiger partial charge in [-0.05, 0) is 61.1 Å². The second-order valence-corrected chi connectivity index (χ2v) is 5.97. The van der Waals surface area contributed by atoms with Crippen molar-refractivity contribution in [2.24, 2.45) is 0 Å². The van der Waals surface area contributed by atoms with Crippen LogP contribution in [0.5, 0.6) is 0 Å². The van der Waals surface area contributed by atoms with E-state index < -0.39 is 0 Å². The number of benzene rings is 2. The normalized spacial score (nSPS) is 11.5. The van der Waals surface area contributed by atoms with Crippen LogP contribution in [0.3, 0.4) is 0 Å². The fourth-order valence-electron chi connectivity index (χ4n) is 2.94. The zero-order valence-corrected chi connectivity index (χ0v) is 13.1. The minimum atomic E-state index is 1.01. The second-order valence-electron chi connectivity index (χ2n) is 5.97. The van der Waals surface area contributed by atoms with Crippen molar-refractivity contribution in [2.45, 2.75) is 52.4 Å². The van der Waals surface area contributed by atoms with E-state index in [0.717, 1.165) is 24.0 Å². The van der Waals surface area contributed by atoms with Crippen LogP contribution < -0.4 is 0 Å². The molecule has 0 spiro atoms. The van der Waals surface area contributed by atoms with Gasteiger partial charge in [0.1, 0.15) is 11.2 Å². The van der Waals surface area contributed by atoms with Gasteiger partial charge in [-0.25, -0.2) is 0 Å². The first-order valence-corrected chi connectivity index (χ1v) is 8.26. The van der Waals surface area contributed by atoms with Gasteiger partial charge in [0.25, 0.3) is 0 Å². The molecule has 1 aromatic heterocycles. The van der Waals surface area contributed by atoms with Crippen LogP contribution in [0.1, 0.15) is 50.7 Å². The standard InChI is InChI=1S/C20H24O/c1-3-5-7-15-9-11-19-17(13-15)18-14-16(8-6-4-2)10-12-20(18)21-19/h9-14H,3-8H2,1-2H3. The quantitative estimate of drug-likeness (QED) is 0.518. The van der Waals surface area contributed by atoms with Crippen LogP contribution in [-0.2, 0) is 12.8 Å². The summed E-state index contributed by atoms with van der Waals surface area (Å²) in [5.41, 5.74) is 4.87. The Morgan fingerprint density at radius 3 is 1.62 bits per heavy atom. The van der Waals surface area contributed by atoms with Crippen LogP contribution in [0.15, 0.2) is 40.8 Å². The minimum Gasteiger partial charge on any atom is -0.456 e. The summed E-state index contributed by atoms with van der Waals surface area (Å²) < 4.78 is 5.97. The van der Waals surface area contributed by atoms with Crippen molar-refractivity contribution in [1.29, 1.82) is 0 Å². The van der Waals surface area contributed by atoms with Gasteiger partial charge in [-0.2, -0.15) is 0 Å². The Morgan fingerprint density at radius 2 is 1.19 bits per heavy atom. The molecule has 3 rings (SSSR count). The van der Waals surface area contributed by atoms with E-state index in [1.54, 1.807) is 0 Å². The van der Waals surface area contributed by atoms with E-state index in [2.05, 4.69) is 50.2 Å². The first-order valence-electron chi connectivity index (χ1n) is 8.26. The van der Waals surface area contributed by atoms with E-state index in [1.165, 1.54) is 47.6 Å². The Morgan fingerprint density at radius 1 is 0.714 bits per heavy atom. The Balaban J connectivity index is 2.03. The highest BCUT2D eigenvalue weighted by molar-refractivity contribution is 6.05. The van der Waals surface area contributed by atoms with E-state index in [0.29, 0.717) is 0 Å². The van der Waals surface area contributed by atoms with Crippen molar-refractivity contribution >= 4 is 21.9 Å². The molecule has 0 aliphatic rings. The summed E-state index contributed by atoms with van der Waals surface area (Å²) in [5.74, 6) is 0. The van der Waals surface area contributed by atoms with E-state index in [-0.39, 0.29) is 0 Å². The summed E-state index contributed by atoms with van der Waals surface area (Å²) >= 11 is 0. The molecule has 0 bridgehead atoms. The van der Waals surface area contributed by atoms with Crippen LogP contribution >= 0.6 is 0 Å². The monoisotopic (exact) mass is 280 g/mol. The molecule has 0 aliphatic carbocycles. The Bertz CT molecular complexity index is 674. The number of hydrogen-bond donors (Lipinski definition) is 0.